The minimum absolute atomic E-state index is 0.127. The van der Waals surface area contributed by atoms with E-state index in [1.54, 1.807) is 0 Å². The maximum Gasteiger partial charge on any atom is 0.241 e. The first-order valence-corrected chi connectivity index (χ1v) is 7.73. The fourth-order valence-corrected chi connectivity index (χ4v) is 3.02. The highest BCUT2D eigenvalue weighted by Gasteiger charge is 2.28. The average Bonchev–Trinajstić information content (AvgIpc) is 2.40. The number of amides is 1. The van der Waals surface area contributed by atoms with Gasteiger partial charge in [-0.15, -0.1) is 0 Å². The van der Waals surface area contributed by atoms with Gasteiger partial charge in [0.15, 0.2) is 0 Å². The molecule has 1 amide bonds. The molecule has 1 aromatic rings. The number of hydrogen-bond donors (Lipinski definition) is 1. The molecule has 1 aliphatic rings. The number of carbonyl (C=O) groups excluding carboxylic acids is 1. The molecular weight excluding hydrogens is 264 g/mol. The highest BCUT2D eigenvalue weighted by Crippen LogP contribution is 2.27. The van der Waals surface area contributed by atoms with E-state index < -0.39 is 0 Å². The third-order valence-electron chi connectivity index (χ3n) is 4.21. The Bertz CT molecular complexity index is 483. The lowest BCUT2D eigenvalue weighted by Crippen LogP contribution is -2.43. The van der Waals surface area contributed by atoms with Gasteiger partial charge in [0.2, 0.25) is 5.91 Å². The standard InChI is InChI=1S/C17H26N2O2/c1-4-19(16-8-6-5-7-13(16)2)17(21)12-18(3)11-14-9-15(20)10-14/h5-8,14-15,20H,4,9-12H2,1-3H3. The zero-order chi connectivity index (χ0) is 15.4. The van der Waals surface area contributed by atoms with Crippen molar-refractivity contribution in [3.8, 4) is 0 Å². The average molecular weight is 290 g/mol. The zero-order valence-electron chi connectivity index (χ0n) is 13.2. The van der Waals surface area contributed by atoms with Crippen LogP contribution >= 0.6 is 0 Å². The second-order valence-electron chi connectivity index (χ2n) is 6.11. The van der Waals surface area contributed by atoms with Gasteiger partial charge in [-0.25, -0.2) is 0 Å². The monoisotopic (exact) mass is 290 g/mol. The second kappa shape index (κ2) is 7.05. The molecule has 21 heavy (non-hydrogen) atoms. The Labute approximate surface area is 127 Å². The van der Waals surface area contributed by atoms with Crippen LogP contribution in [0.15, 0.2) is 24.3 Å². The van der Waals surface area contributed by atoms with Crippen molar-refractivity contribution < 1.29 is 9.90 Å². The third kappa shape index (κ3) is 4.05. The molecule has 1 aromatic carbocycles. The smallest absolute Gasteiger partial charge is 0.241 e. The van der Waals surface area contributed by atoms with Crippen molar-refractivity contribution in [2.75, 3.05) is 31.6 Å². The Morgan fingerprint density at radius 1 is 1.33 bits per heavy atom. The Morgan fingerprint density at radius 3 is 2.57 bits per heavy atom. The first kappa shape index (κ1) is 16.0. The first-order chi connectivity index (χ1) is 10.0. The van der Waals surface area contributed by atoms with E-state index in [4.69, 9.17) is 0 Å². The molecule has 2 rings (SSSR count). The minimum Gasteiger partial charge on any atom is -0.393 e. The summed E-state index contributed by atoms with van der Waals surface area (Å²) in [5.41, 5.74) is 2.12. The number of likely N-dealkylation sites (N-methyl/N-ethyl adjacent to an activating group) is 2. The van der Waals surface area contributed by atoms with Crippen LogP contribution in [0.2, 0.25) is 0 Å². The van der Waals surface area contributed by atoms with Crippen LogP contribution in [0.1, 0.15) is 25.3 Å². The molecular formula is C17H26N2O2. The van der Waals surface area contributed by atoms with Gasteiger partial charge in [0.1, 0.15) is 0 Å². The lowest BCUT2D eigenvalue weighted by atomic mass is 9.82. The predicted octanol–water partition coefficient (Wildman–Crippen LogP) is 2.05. The molecule has 0 radical (unpaired) electrons. The fraction of sp³-hybridized carbons (Fsp3) is 0.588. The Kier molecular flexibility index (Phi) is 5.37. The summed E-state index contributed by atoms with van der Waals surface area (Å²) in [5, 5.41) is 9.32. The first-order valence-electron chi connectivity index (χ1n) is 7.73. The summed E-state index contributed by atoms with van der Waals surface area (Å²) in [5.74, 6) is 0.667. The molecule has 0 aliphatic heterocycles. The molecule has 1 saturated carbocycles. The van der Waals surface area contributed by atoms with E-state index in [9.17, 15) is 9.90 Å². The maximum atomic E-state index is 12.5. The SMILES string of the molecule is CCN(C(=O)CN(C)CC1CC(O)C1)c1ccccc1C. The van der Waals surface area contributed by atoms with Crippen LogP contribution in [0, 0.1) is 12.8 Å². The summed E-state index contributed by atoms with van der Waals surface area (Å²) in [6.45, 7) is 6.03. The van der Waals surface area contributed by atoms with Gasteiger partial charge in [-0.2, -0.15) is 0 Å². The molecule has 0 saturated heterocycles. The van der Waals surface area contributed by atoms with E-state index in [0.717, 1.165) is 30.6 Å². The molecule has 4 nitrogen and oxygen atoms in total. The van der Waals surface area contributed by atoms with Gasteiger partial charge < -0.3 is 10.0 Å². The van der Waals surface area contributed by atoms with E-state index in [0.29, 0.717) is 19.0 Å². The van der Waals surface area contributed by atoms with Gasteiger partial charge >= 0.3 is 0 Å². The summed E-state index contributed by atoms with van der Waals surface area (Å²) in [6, 6.07) is 7.99. The lowest BCUT2D eigenvalue weighted by molar-refractivity contribution is -0.119. The van der Waals surface area contributed by atoms with Crippen molar-refractivity contribution in [3.05, 3.63) is 29.8 Å². The molecule has 0 aromatic heterocycles. The number of hydrogen-bond acceptors (Lipinski definition) is 3. The molecule has 0 unspecified atom stereocenters. The predicted molar refractivity (Wildman–Crippen MR) is 85.4 cm³/mol. The Balaban J connectivity index is 1.92. The number of nitrogens with zero attached hydrogens (tertiary/aromatic N) is 2. The molecule has 1 aliphatic carbocycles. The molecule has 1 fully saturated rings. The van der Waals surface area contributed by atoms with Crippen LogP contribution in [0.25, 0.3) is 0 Å². The molecule has 4 heteroatoms. The van der Waals surface area contributed by atoms with Crippen LogP contribution in [0.4, 0.5) is 5.69 Å². The van der Waals surface area contributed by atoms with Crippen LogP contribution in [-0.4, -0.2) is 48.7 Å². The van der Waals surface area contributed by atoms with Crippen LogP contribution in [-0.2, 0) is 4.79 Å². The van der Waals surface area contributed by atoms with Crippen LogP contribution < -0.4 is 4.90 Å². The quantitative estimate of drug-likeness (QED) is 0.872. The zero-order valence-corrected chi connectivity index (χ0v) is 13.2. The summed E-state index contributed by atoms with van der Waals surface area (Å²) in [6.07, 6.45) is 1.61. The normalized spacial score (nSPS) is 21.2. The Hall–Kier alpha value is -1.39. The van der Waals surface area contributed by atoms with Gasteiger partial charge in [0.05, 0.1) is 12.6 Å². The summed E-state index contributed by atoms with van der Waals surface area (Å²) in [7, 11) is 1.98. The minimum atomic E-state index is -0.127. The number of rotatable bonds is 6. The number of anilines is 1. The van der Waals surface area contributed by atoms with Gasteiger partial charge in [0.25, 0.3) is 0 Å². The van der Waals surface area contributed by atoms with Crippen LogP contribution in [0.3, 0.4) is 0 Å². The van der Waals surface area contributed by atoms with E-state index in [1.165, 1.54) is 0 Å². The van der Waals surface area contributed by atoms with Gasteiger partial charge in [-0.05, 0) is 51.3 Å². The van der Waals surface area contributed by atoms with Gasteiger partial charge in [0, 0.05) is 18.8 Å². The molecule has 0 heterocycles. The van der Waals surface area contributed by atoms with E-state index in [-0.39, 0.29) is 12.0 Å². The topological polar surface area (TPSA) is 43.8 Å². The number of para-hydroxylation sites is 1. The molecule has 0 spiro atoms. The van der Waals surface area contributed by atoms with Gasteiger partial charge in [-0.1, -0.05) is 18.2 Å². The number of carbonyl (C=O) groups is 1. The summed E-state index contributed by atoms with van der Waals surface area (Å²) in [4.78, 5) is 16.4. The van der Waals surface area contributed by atoms with Gasteiger partial charge in [-0.3, -0.25) is 9.69 Å². The lowest BCUT2D eigenvalue weighted by Gasteiger charge is -2.35. The summed E-state index contributed by atoms with van der Waals surface area (Å²) >= 11 is 0. The number of aliphatic hydroxyl groups is 1. The summed E-state index contributed by atoms with van der Waals surface area (Å²) < 4.78 is 0. The Morgan fingerprint density at radius 2 is 2.00 bits per heavy atom. The fourth-order valence-electron chi connectivity index (χ4n) is 3.02. The molecule has 1 N–H and O–H groups in total. The van der Waals surface area contributed by atoms with Crippen LogP contribution in [0.5, 0.6) is 0 Å². The van der Waals surface area contributed by atoms with E-state index >= 15 is 0 Å². The molecule has 0 bridgehead atoms. The number of benzene rings is 1. The maximum absolute atomic E-state index is 12.5. The van der Waals surface area contributed by atoms with Crippen molar-refractivity contribution in [2.45, 2.75) is 32.8 Å². The van der Waals surface area contributed by atoms with Crippen molar-refractivity contribution in [1.29, 1.82) is 0 Å². The highest BCUT2D eigenvalue weighted by molar-refractivity contribution is 5.95. The molecule has 116 valence electrons. The number of aliphatic hydroxyl groups excluding tert-OH is 1. The van der Waals surface area contributed by atoms with Crippen molar-refractivity contribution >= 4 is 11.6 Å². The third-order valence-corrected chi connectivity index (χ3v) is 4.21. The van der Waals surface area contributed by atoms with Crippen molar-refractivity contribution in [3.63, 3.8) is 0 Å². The molecule has 0 atom stereocenters. The largest absolute Gasteiger partial charge is 0.393 e. The second-order valence-corrected chi connectivity index (χ2v) is 6.11. The van der Waals surface area contributed by atoms with Crippen molar-refractivity contribution in [2.24, 2.45) is 5.92 Å². The van der Waals surface area contributed by atoms with E-state index in [2.05, 4.69) is 4.90 Å². The highest BCUT2D eigenvalue weighted by atomic mass is 16.3. The number of aryl methyl sites for hydroxylation is 1. The van der Waals surface area contributed by atoms with Crippen molar-refractivity contribution in [1.82, 2.24) is 4.90 Å². The van der Waals surface area contributed by atoms with E-state index in [1.807, 2.05) is 50.1 Å².